The van der Waals surface area contributed by atoms with Crippen molar-refractivity contribution in [1.29, 1.82) is 0 Å². The quantitative estimate of drug-likeness (QED) is 0.799. The second kappa shape index (κ2) is 7.74. The van der Waals surface area contributed by atoms with E-state index in [4.69, 9.17) is 10.1 Å². The summed E-state index contributed by atoms with van der Waals surface area (Å²) in [5, 5.41) is 4.73. The first kappa shape index (κ1) is 18.0. The average molecular weight is 380 g/mol. The van der Waals surface area contributed by atoms with Crippen molar-refractivity contribution in [2.75, 3.05) is 6.54 Å². The van der Waals surface area contributed by atoms with E-state index in [0.29, 0.717) is 18.5 Å². The first-order chi connectivity index (χ1) is 13.8. The number of likely N-dealkylation sites (tertiary alicyclic amines) is 1. The molecule has 0 amide bonds. The van der Waals surface area contributed by atoms with Gasteiger partial charge in [0, 0.05) is 30.8 Å². The SMILES string of the molecule is O=c1cc2c(nn1CC1CCCN1Cc1ccnc(C3CCC3)n1)CCCC2. The molecule has 5 rings (SSSR count). The van der Waals surface area contributed by atoms with Crippen LogP contribution in [0.4, 0.5) is 0 Å². The molecule has 3 aliphatic rings. The van der Waals surface area contributed by atoms with Crippen molar-refractivity contribution in [2.45, 2.75) is 82.8 Å². The Morgan fingerprint density at radius 1 is 1.07 bits per heavy atom. The molecule has 148 valence electrons. The lowest BCUT2D eigenvalue weighted by Crippen LogP contribution is -2.37. The fourth-order valence-corrected chi connectivity index (χ4v) is 4.81. The first-order valence-corrected chi connectivity index (χ1v) is 10.9. The molecule has 6 heteroatoms. The summed E-state index contributed by atoms with van der Waals surface area (Å²) in [4.78, 5) is 24.4. The van der Waals surface area contributed by atoms with E-state index in [1.165, 1.54) is 44.1 Å². The van der Waals surface area contributed by atoms with Crippen molar-refractivity contribution in [2.24, 2.45) is 0 Å². The lowest BCUT2D eigenvalue weighted by Gasteiger charge is -2.26. The van der Waals surface area contributed by atoms with Crippen LogP contribution in [0, 0.1) is 0 Å². The first-order valence-electron chi connectivity index (χ1n) is 10.9. The molecule has 1 aliphatic heterocycles. The van der Waals surface area contributed by atoms with Gasteiger partial charge in [-0.1, -0.05) is 6.42 Å². The highest BCUT2D eigenvalue weighted by Gasteiger charge is 2.27. The minimum absolute atomic E-state index is 0.0572. The normalized spacial score (nSPS) is 22.8. The molecule has 0 aromatic carbocycles. The summed E-state index contributed by atoms with van der Waals surface area (Å²) < 4.78 is 1.72. The van der Waals surface area contributed by atoms with Gasteiger partial charge >= 0.3 is 0 Å². The van der Waals surface area contributed by atoms with Gasteiger partial charge in [-0.05, 0) is 69.5 Å². The zero-order valence-corrected chi connectivity index (χ0v) is 16.5. The molecule has 3 heterocycles. The topological polar surface area (TPSA) is 63.9 Å². The summed E-state index contributed by atoms with van der Waals surface area (Å²) in [7, 11) is 0. The second-order valence-corrected chi connectivity index (χ2v) is 8.64. The minimum Gasteiger partial charge on any atom is -0.293 e. The van der Waals surface area contributed by atoms with Gasteiger partial charge in [0.05, 0.1) is 17.9 Å². The van der Waals surface area contributed by atoms with Crippen LogP contribution in [0.3, 0.4) is 0 Å². The van der Waals surface area contributed by atoms with Gasteiger partial charge < -0.3 is 0 Å². The van der Waals surface area contributed by atoms with Crippen LogP contribution in [0.2, 0.25) is 0 Å². The Hall–Kier alpha value is -2.08. The van der Waals surface area contributed by atoms with Crippen LogP contribution < -0.4 is 5.56 Å². The van der Waals surface area contributed by atoms with Crippen LogP contribution in [0.5, 0.6) is 0 Å². The Kier molecular flexibility index (Phi) is 4.97. The number of hydrogen-bond acceptors (Lipinski definition) is 5. The molecular weight excluding hydrogens is 350 g/mol. The molecule has 0 spiro atoms. The van der Waals surface area contributed by atoms with Gasteiger partial charge in [0.15, 0.2) is 0 Å². The molecule has 1 unspecified atom stereocenters. The molecule has 28 heavy (non-hydrogen) atoms. The largest absolute Gasteiger partial charge is 0.293 e. The van der Waals surface area contributed by atoms with Gasteiger partial charge in [0.25, 0.3) is 5.56 Å². The monoisotopic (exact) mass is 379 g/mol. The molecule has 2 aromatic rings. The Labute approximate surface area is 166 Å². The molecule has 0 radical (unpaired) electrons. The van der Waals surface area contributed by atoms with E-state index in [0.717, 1.165) is 49.6 Å². The lowest BCUT2D eigenvalue weighted by atomic mass is 9.85. The summed E-state index contributed by atoms with van der Waals surface area (Å²) in [5.74, 6) is 1.58. The molecule has 0 N–H and O–H groups in total. The highest BCUT2D eigenvalue weighted by Crippen LogP contribution is 2.34. The van der Waals surface area contributed by atoms with Crippen molar-refractivity contribution >= 4 is 0 Å². The molecule has 1 saturated carbocycles. The van der Waals surface area contributed by atoms with Crippen molar-refractivity contribution in [3.8, 4) is 0 Å². The Morgan fingerprint density at radius 2 is 1.96 bits per heavy atom. The maximum absolute atomic E-state index is 12.6. The lowest BCUT2D eigenvalue weighted by molar-refractivity contribution is 0.213. The van der Waals surface area contributed by atoms with E-state index in [1.54, 1.807) is 4.68 Å². The van der Waals surface area contributed by atoms with Crippen molar-refractivity contribution < 1.29 is 0 Å². The number of nitrogens with zero attached hydrogens (tertiary/aromatic N) is 5. The van der Waals surface area contributed by atoms with E-state index >= 15 is 0 Å². The highest BCUT2D eigenvalue weighted by molar-refractivity contribution is 5.20. The molecule has 0 bridgehead atoms. The predicted octanol–water partition coefficient (Wildman–Crippen LogP) is 2.84. The number of hydrogen-bond donors (Lipinski definition) is 0. The van der Waals surface area contributed by atoms with Gasteiger partial charge in [-0.3, -0.25) is 9.69 Å². The summed E-state index contributed by atoms with van der Waals surface area (Å²) in [5.41, 5.74) is 3.47. The fraction of sp³-hybridized carbons (Fsp3) is 0.636. The van der Waals surface area contributed by atoms with Crippen molar-refractivity contribution in [3.05, 3.63) is 51.5 Å². The highest BCUT2D eigenvalue weighted by atomic mass is 16.1. The predicted molar refractivity (Wildman–Crippen MR) is 107 cm³/mol. The van der Waals surface area contributed by atoms with Crippen LogP contribution in [0.1, 0.15) is 73.6 Å². The number of aromatic nitrogens is 4. The molecule has 6 nitrogen and oxygen atoms in total. The van der Waals surface area contributed by atoms with Crippen LogP contribution in [0.15, 0.2) is 23.1 Å². The molecule has 2 aromatic heterocycles. The van der Waals surface area contributed by atoms with E-state index in [-0.39, 0.29) is 5.56 Å². The summed E-state index contributed by atoms with van der Waals surface area (Å²) in [6.45, 7) is 2.59. The number of fused-ring (bicyclic) bond motifs is 1. The van der Waals surface area contributed by atoms with Gasteiger partial charge in [-0.25, -0.2) is 14.6 Å². The van der Waals surface area contributed by atoms with E-state index in [2.05, 4.69) is 9.88 Å². The van der Waals surface area contributed by atoms with Crippen LogP contribution in [-0.4, -0.2) is 37.2 Å². The third-order valence-corrected chi connectivity index (χ3v) is 6.72. The van der Waals surface area contributed by atoms with Crippen LogP contribution in [-0.2, 0) is 25.9 Å². The van der Waals surface area contributed by atoms with Gasteiger partial charge in [-0.15, -0.1) is 0 Å². The smallest absolute Gasteiger partial charge is 0.267 e. The van der Waals surface area contributed by atoms with E-state index in [9.17, 15) is 4.79 Å². The molecule has 1 atom stereocenters. The maximum Gasteiger partial charge on any atom is 0.267 e. The third-order valence-electron chi connectivity index (χ3n) is 6.72. The molecular formula is C22H29N5O. The van der Waals surface area contributed by atoms with Gasteiger partial charge in [0.2, 0.25) is 0 Å². The Bertz CT molecular complexity index is 904. The average Bonchev–Trinajstić information content (AvgIpc) is 3.08. The Balaban J connectivity index is 1.30. The molecule has 2 aliphatic carbocycles. The van der Waals surface area contributed by atoms with Crippen LogP contribution in [0.25, 0.3) is 0 Å². The van der Waals surface area contributed by atoms with Crippen molar-refractivity contribution in [3.63, 3.8) is 0 Å². The number of aryl methyl sites for hydroxylation is 2. The molecule has 1 saturated heterocycles. The van der Waals surface area contributed by atoms with Gasteiger partial charge in [0.1, 0.15) is 5.82 Å². The van der Waals surface area contributed by atoms with E-state index in [1.807, 2.05) is 18.3 Å². The second-order valence-electron chi connectivity index (χ2n) is 8.64. The summed E-state index contributed by atoms with van der Waals surface area (Å²) >= 11 is 0. The summed E-state index contributed by atoms with van der Waals surface area (Å²) in [6, 6.07) is 4.23. The van der Waals surface area contributed by atoms with Gasteiger partial charge in [-0.2, -0.15) is 5.10 Å². The standard InChI is InChI=1S/C22H29N5O/c28-21-13-17-5-1-2-9-20(17)25-27(21)15-19-8-4-12-26(19)14-18-10-11-23-22(24-18)16-6-3-7-16/h10-11,13,16,19H,1-9,12,14-15H2. The minimum atomic E-state index is 0.0572. The maximum atomic E-state index is 12.6. The zero-order chi connectivity index (χ0) is 18.9. The van der Waals surface area contributed by atoms with E-state index < -0.39 is 0 Å². The summed E-state index contributed by atoms with van der Waals surface area (Å²) in [6.07, 6.45) is 12.3. The van der Waals surface area contributed by atoms with Crippen LogP contribution >= 0.6 is 0 Å². The van der Waals surface area contributed by atoms with Crippen molar-refractivity contribution in [1.82, 2.24) is 24.6 Å². The molecule has 2 fully saturated rings. The third kappa shape index (κ3) is 3.62. The zero-order valence-electron chi connectivity index (χ0n) is 16.5. The fourth-order valence-electron chi connectivity index (χ4n) is 4.81. The Morgan fingerprint density at radius 3 is 2.82 bits per heavy atom. The number of rotatable bonds is 5.